The first-order valence-corrected chi connectivity index (χ1v) is 7.33. The van der Waals surface area contributed by atoms with Crippen LogP contribution in [0.5, 0.6) is 0 Å². The monoisotopic (exact) mass is 289 g/mol. The standard InChI is InChI=1S/C17H23NO3/c1-11-13-7-6-8-14(12(2)19)15(13)9-10-18(11)16(20)21-17(3,4)5/h6-8,11H,9-10H2,1-5H3. The van der Waals surface area contributed by atoms with Gasteiger partial charge in [-0.15, -0.1) is 0 Å². The summed E-state index contributed by atoms with van der Waals surface area (Å²) in [6.45, 7) is 9.73. The Morgan fingerprint density at radius 3 is 2.52 bits per heavy atom. The van der Waals surface area contributed by atoms with Gasteiger partial charge in [0.15, 0.2) is 5.78 Å². The van der Waals surface area contributed by atoms with E-state index in [9.17, 15) is 9.59 Å². The SMILES string of the molecule is CC(=O)c1cccc2c1CCN(C(=O)OC(C)(C)C)C2C. The molecule has 1 atom stereocenters. The van der Waals surface area contributed by atoms with Crippen LogP contribution >= 0.6 is 0 Å². The van der Waals surface area contributed by atoms with E-state index in [4.69, 9.17) is 4.74 Å². The Kier molecular flexibility index (Phi) is 4.08. The van der Waals surface area contributed by atoms with Gasteiger partial charge in [0, 0.05) is 12.1 Å². The lowest BCUT2D eigenvalue weighted by molar-refractivity contribution is 0.0159. The third kappa shape index (κ3) is 3.26. The maximum absolute atomic E-state index is 12.3. The van der Waals surface area contributed by atoms with Crippen molar-refractivity contribution in [2.24, 2.45) is 0 Å². The zero-order chi connectivity index (χ0) is 15.8. The highest BCUT2D eigenvalue weighted by atomic mass is 16.6. The van der Waals surface area contributed by atoms with Crippen molar-refractivity contribution in [3.05, 3.63) is 34.9 Å². The number of rotatable bonds is 1. The third-order valence-corrected chi connectivity index (χ3v) is 3.74. The van der Waals surface area contributed by atoms with E-state index in [1.807, 2.05) is 45.9 Å². The largest absolute Gasteiger partial charge is 0.444 e. The average Bonchev–Trinajstić information content (AvgIpc) is 2.36. The lowest BCUT2D eigenvalue weighted by Crippen LogP contribution is -2.42. The second-order valence-corrected chi connectivity index (χ2v) is 6.53. The molecule has 0 spiro atoms. The Hall–Kier alpha value is -1.84. The fourth-order valence-electron chi connectivity index (χ4n) is 2.77. The molecule has 1 aliphatic heterocycles. The molecular formula is C17H23NO3. The molecule has 2 rings (SSSR count). The lowest BCUT2D eigenvalue weighted by Gasteiger charge is -2.36. The highest BCUT2D eigenvalue weighted by Gasteiger charge is 2.32. The van der Waals surface area contributed by atoms with Crippen molar-refractivity contribution in [1.29, 1.82) is 0 Å². The molecule has 0 fully saturated rings. The number of hydrogen-bond donors (Lipinski definition) is 0. The van der Waals surface area contributed by atoms with E-state index < -0.39 is 5.60 Å². The maximum atomic E-state index is 12.3. The number of benzene rings is 1. The fourth-order valence-corrected chi connectivity index (χ4v) is 2.77. The third-order valence-electron chi connectivity index (χ3n) is 3.74. The van der Waals surface area contributed by atoms with Gasteiger partial charge in [-0.25, -0.2) is 4.79 Å². The number of nitrogens with zero attached hydrogens (tertiary/aromatic N) is 1. The molecule has 1 aromatic carbocycles. The smallest absolute Gasteiger partial charge is 0.410 e. The summed E-state index contributed by atoms with van der Waals surface area (Å²) in [4.78, 5) is 25.7. The molecular weight excluding hydrogens is 266 g/mol. The summed E-state index contributed by atoms with van der Waals surface area (Å²) in [5.74, 6) is 0.0739. The minimum absolute atomic E-state index is 0.0739. The Morgan fingerprint density at radius 1 is 1.29 bits per heavy atom. The predicted octanol–water partition coefficient (Wildman–Crippen LogP) is 3.74. The Morgan fingerprint density at radius 2 is 1.95 bits per heavy atom. The highest BCUT2D eigenvalue weighted by molar-refractivity contribution is 5.96. The van der Waals surface area contributed by atoms with Crippen LogP contribution in [0.15, 0.2) is 18.2 Å². The number of ketones is 1. The number of carbonyl (C=O) groups is 2. The summed E-state index contributed by atoms with van der Waals surface area (Å²) in [7, 11) is 0. The minimum Gasteiger partial charge on any atom is -0.444 e. The first-order chi connectivity index (χ1) is 9.70. The molecule has 0 radical (unpaired) electrons. The summed E-state index contributed by atoms with van der Waals surface area (Å²) in [5.41, 5.74) is 2.37. The molecule has 1 aliphatic rings. The van der Waals surface area contributed by atoms with Gasteiger partial charge in [0.2, 0.25) is 0 Å². The Balaban J connectivity index is 2.29. The predicted molar refractivity (Wildman–Crippen MR) is 81.5 cm³/mol. The van der Waals surface area contributed by atoms with Crippen molar-refractivity contribution in [3.8, 4) is 0 Å². The first-order valence-electron chi connectivity index (χ1n) is 7.33. The van der Waals surface area contributed by atoms with Gasteiger partial charge in [0.1, 0.15) is 5.60 Å². The molecule has 4 nitrogen and oxygen atoms in total. The van der Waals surface area contributed by atoms with E-state index in [0.717, 1.165) is 16.7 Å². The number of ether oxygens (including phenoxy) is 1. The van der Waals surface area contributed by atoms with Crippen LogP contribution in [0.4, 0.5) is 4.79 Å². The van der Waals surface area contributed by atoms with E-state index in [1.165, 1.54) is 0 Å². The summed E-state index contributed by atoms with van der Waals surface area (Å²) in [5, 5.41) is 0. The summed E-state index contributed by atoms with van der Waals surface area (Å²) >= 11 is 0. The van der Waals surface area contributed by atoms with Gasteiger partial charge in [-0.2, -0.15) is 0 Å². The quantitative estimate of drug-likeness (QED) is 0.740. The molecule has 0 aromatic heterocycles. The van der Waals surface area contributed by atoms with Crippen molar-refractivity contribution in [2.45, 2.75) is 52.7 Å². The van der Waals surface area contributed by atoms with Crippen molar-refractivity contribution in [2.75, 3.05) is 6.54 Å². The van der Waals surface area contributed by atoms with Crippen molar-refractivity contribution < 1.29 is 14.3 Å². The van der Waals surface area contributed by atoms with Crippen molar-refractivity contribution in [3.63, 3.8) is 0 Å². The molecule has 1 aromatic rings. The summed E-state index contributed by atoms with van der Waals surface area (Å²) < 4.78 is 5.46. The van der Waals surface area contributed by atoms with Crippen LogP contribution in [-0.2, 0) is 11.2 Å². The zero-order valence-electron chi connectivity index (χ0n) is 13.4. The fraction of sp³-hybridized carbons (Fsp3) is 0.529. The topological polar surface area (TPSA) is 46.6 Å². The molecule has 0 N–H and O–H groups in total. The van der Waals surface area contributed by atoms with Crippen LogP contribution in [0.3, 0.4) is 0 Å². The van der Waals surface area contributed by atoms with Crippen LogP contribution in [0.1, 0.15) is 62.1 Å². The summed E-state index contributed by atoms with van der Waals surface area (Å²) in [6.07, 6.45) is 0.392. The van der Waals surface area contributed by atoms with Gasteiger partial charge in [0.25, 0.3) is 0 Å². The van der Waals surface area contributed by atoms with E-state index in [1.54, 1.807) is 11.8 Å². The Labute approximate surface area is 126 Å². The maximum Gasteiger partial charge on any atom is 0.410 e. The molecule has 4 heteroatoms. The average molecular weight is 289 g/mol. The molecule has 0 saturated heterocycles. The van der Waals surface area contributed by atoms with Crippen LogP contribution in [-0.4, -0.2) is 28.9 Å². The lowest BCUT2D eigenvalue weighted by atomic mass is 9.89. The van der Waals surface area contributed by atoms with Crippen LogP contribution < -0.4 is 0 Å². The van der Waals surface area contributed by atoms with Crippen LogP contribution in [0.2, 0.25) is 0 Å². The molecule has 1 unspecified atom stereocenters. The van der Waals surface area contributed by atoms with E-state index in [0.29, 0.717) is 13.0 Å². The Bertz CT molecular complexity index is 572. The number of amides is 1. The molecule has 1 heterocycles. The van der Waals surface area contributed by atoms with E-state index in [-0.39, 0.29) is 17.9 Å². The zero-order valence-corrected chi connectivity index (χ0v) is 13.4. The molecule has 0 bridgehead atoms. The second-order valence-electron chi connectivity index (χ2n) is 6.53. The first kappa shape index (κ1) is 15.5. The highest BCUT2D eigenvalue weighted by Crippen LogP contribution is 2.32. The van der Waals surface area contributed by atoms with Gasteiger partial charge >= 0.3 is 6.09 Å². The summed E-state index contributed by atoms with van der Waals surface area (Å²) in [6, 6.07) is 5.65. The number of hydrogen-bond acceptors (Lipinski definition) is 3. The second kappa shape index (κ2) is 5.51. The van der Waals surface area contributed by atoms with Crippen LogP contribution in [0.25, 0.3) is 0 Å². The van der Waals surface area contributed by atoms with Crippen LogP contribution in [0, 0.1) is 0 Å². The minimum atomic E-state index is -0.502. The normalized spacial score (nSPS) is 18.1. The van der Waals surface area contributed by atoms with Gasteiger partial charge in [-0.05, 0) is 52.2 Å². The number of Topliss-reactive ketones (excluding diaryl/α,β-unsaturated/α-hetero) is 1. The van der Waals surface area contributed by atoms with Gasteiger partial charge in [0.05, 0.1) is 6.04 Å². The van der Waals surface area contributed by atoms with E-state index in [2.05, 4.69) is 0 Å². The molecule has 1 amide bonds. The number of carbonyl (C=O) groups excluding carboxylic acids is 2. The van der Waals surface area contributed by atoms with Gasteiger partial charge < -0.3 is 9.64 Å². The molecule has 21 heavy (non-hydrogen) atoms. The van der Waals surface area contributed by atoms with Crippen molar-refractivity contribution in [1.82, 2.24) is 4.90 Å². The molecule has 0 saturated carbocycles. The van der Waals surface area contributed by atoms with E-state index >= 15 is 0 Å². The molecule has 0 aliphatic carbocycles. The van der Waals surface area contributed by atoms with Gasteiger partial charge in [-0.1, -0.05) is 18.2 Å². The van der Waals surface area contributed by atoms with Crippen molar-refractivity contribution >= 4 is 11.9 Å². The number of fused-ring (bicyclic) bond motifs is 1. The van der Waals surface area contributed by atoms with Gasteiger partial charge in [-0.3, -0.25) is 4.79 Å². The molecule has 114 valence electrons.